The average molecular weight is 456 g/mol. The Bertz CT molecular complexity index is 1210. The van der Waals surface area contributed by atoms with E-state index < -0.39 is 18.2 Å². The highest BCUT2D eigenvalue weighted by Gasteiger charge is 2.40. The second-order valence-corrected chi connectivity index (χ2v) is 8.62. The quantitative estimate of drug-likeness (QED) is 0.644. The van der Waals surface area contributed by atoms with E-state index in [9.17, 15) is 9.59 Å². The molecule has 0 atom stereocenters. The van der Waals surface area contributed by atoms with Crippen LogP contribution in [0.5, 0.6) is 5.75 Å². The maximum absolute atomic E-state index is 12.3. The molecule has 1 aromatic carbocycles. The van der Waals surface area contributed by atoms with Gasteiger partial charge in [0.2, 0.25) is 0 Å². The lowest BCUT2D eigenvalue weighted by Gasteiger charge is -2.45. The molecule has 1 saturated heterocycles. The minimum atomic E-state index is -1.08. The normalized spacial score (nSPS) is 17.1. The molecule has 0 bridgehead atoms. The number of imidazole rings is 1. The summed E-state index contributed by atoms with van der Waals surface area (Å²) in [6.45, 7) is 1.18. The highest BCUT2D eigenvalue weighted by atomic mass is 35.5. The van der Waals surface area contributed by atoms with Crippen molar-refractivity contribution in [3.63, 3.8) is 0 Å². The van der Waals surface area contributed by atoms with E-state index in [1.54, 1.807) is 6.07 Å². The van der Waals surface area contributed by atoms with Gasteiger partial charge < -0.3 is 14.7 Å². The third-order valence-corrected chi connectivity index (χ3v) is 6.62. The van der Waals surface area contributed by atoms with Crippen molar-refractivity contribution in [2.75, 3.05) is 18.0 Å². The Morgan fingerprint density at radius 2 is 1.84 bits per heavy atom. The van der Waals surface area contributed by atoms with Crippen molar-refractivity contribution >= 4 is 23.4 Å². The highest BCUT2D eigenvalue weighted by Crippen LogP contribution is 2.42. The first-order valence-corrected chi connectivity index (χ1v) is 10.9. The van der Waals surface area contributed by atoms with Crippen LogP contribution in [0, 0.1) is 0 Å². The number of anilines is 1. The van der Waals surface area contributed by atoms with Crippen LogP contribution in [0.2, 0.25) is 5.02 Å². The van der Waals surface area contributed by atoms with E-state index in [1.165, 1.54) is 17.0 Å². The van der Waals surface area contributed by atoms with Crippen molar-refractivity contribution in [3.8, 4) is 11.6 Å². The number of benzene rings is 1. The predicted octanol–water partition coefficient (Wildman–Crippen LogP) is 2.53. The molecule has 0 saturated carbocycles. The number of hydrogen-bond donors (Lipinski definition) is 1. The van der Waals surface area contributed by atoms with Crippen LogP contribution in [0.4, 0.5) is 5.82 Å². The zero-order valence-electron chi connectivity index (χ0n) is 17.3. The van der Waals surface area contributed by atoms with Gasteiger partial charge in [-0.25, -0.2) is 9.36 Å². The van der Waals surface area contributed by atoms with E-state index >= 15 is 0 Å². The van der Waals surface area contributed by atoms with Gasteiger partial charge in [0.05, 0.1) is 0 Å². The fraction of sp³-hybridized carbons (Fsp3) is 0.364. The van der Waals surface area contributed by atoms with Crippen molar-refractivity contribution in [2.24, 2.45) is 0 Å². The molecule has 5 rings (SSSR count). The van der Waals surface area contributed by atoms with Crippen LogP contribution < -0.4 is 15.3 Å². The highest BCUT2D eigenvalue weighted by molar-refractivity contribution is 6.31. The molecular formula is C22H22ClN5O4. The first-order chi connectivity index (χ1) is 15.4. The number of fused-ring (bicyclic) bond motifs is 1. The first kappa shape index (κ1) is 20.6. The van der Waals surface area contributed by atoms with Crippen molar-refractivity contribution < 1.29 is 14.6 Å². The summed E-state index contributed by atoms with van der Waals surface area (Å²) in [6, 6.07) is 9.37. The number of halogens is 1. The van der Waals surface area contributed by atoms with Crippen LogP contribution in [0.25, 0.3) is 5.82 Å². The lowest BCUT2D eigenvalue weighted by atomic mass is 9.83. The van der Waals surface area contributed by atoms with E-state index in [1.807, 2.05) is 24.3 Å². The number of carbonyl (C=O) groups is 1. The van der Waals surface area contributed by atoms with Gasteiger partial charge in [0.1, 0.15) is 17.9 Å². The summed E-state index contributed by atoms with van der Waals surface area (Å²) >= 11 is 6.31. The third kappa shape index (κ3) is 3.73. The Labute approximate surface area is 188 Å². The number of piperidine rings is 1. The largest absolute Gasteiger partial charge is 0.487 e. The SMILES string of the molecule is O=C(O)Cn1ccn(-c2ccc(N3CCC4(CCc5c(Cl)cccc5O4)CC3)nn2)c1=O. The lowest BCUT2D eigenvalue weighted by molar-refractivity contribution is -0.137. The monoisotopic (exact) mass is 455 g/mol. The van der Waals surface area contributed by atoms with Gasteiger partial charge in [0, 0.05) is 48.9 Å². The Hall–Kier alpha value is -3.33. The molecule has 9 nitrogen and oxygen atoms in total. The molecule has 2 aliphatic rings. The second-order valence-electron chi connectivity index (χ2n) is 8.21. The second kappa shape index (κ2) is 7.98. The Morgan fingerprint density at radius 3 is 2.56 bits per heavy atom. The van der Waals surface area contributed by atoms with Gasteiger partial charge in [-0.15, -0.1) is 10.2 Å². The summed E-state index contributed by atoms with van der Waals surface area (Å²) in [6.07, 6.45) is 6.52. The molecule has 0 aliphatic carbocycles. The van der Waals surface area contributed by atoms with Gasteiger partial charge in [-0.1, -0.05) is 17.7 Å². The van der Waals surface area contributed by atoms with E-state index in [0.29, 0.717) is 5.82 Å². The maximum Gasteiger partial charge on any atom is 0.334 e. The molecule has 0 amide bonds. The molecule has 3 aromatic rings. The number of rotatable bonds is 4. The number of ether oxygens (including phenoxy) is 1. The number of hydrogen-bond acceptors (Lipinski definition) is 6. The summed E-state index contributed by atoms with van der Waals surface area (Å²) in [7, 11) is 0. The Morgan fingerprint density at radius 1 is 1.09 bits per heavy atom. The summed E-state index contributed by atoms with van der Waals surface area (Å²) in [5.74, 6) is 0.894. The van der Waals surface area contributed by atoms with Crippen LogP contribution >= 0.6 is 11.6 Å². The van der Waals surface area contributed by atoms with Crippen molar-refractivity contribution in [2.45, 2.75) is 37.8 Å². The molecular weight excluding hydrogens is 434 g/mol. The first-order valence-electron chi connectivity index (χ1n) is 10.5. The van der Waals surface area contributed by atoms with Crippen molar-refractivity contribution in [1.29, 1.82) is 0 Å². The Kier molecular flexibility index (Phi) is 5.13. The molecule has 1 spiro atoms. The van der Waals surface area contributed by atoms with Crippen LogP contribution in [0.1, 0.15) is 24.8 Å². The van der Waals surface area contributed by atoms with Gasteiger partial charge in [-0.05, 0) is 37.1 Å². The van der Waals surface area contributed by atoms with Crippen molar-refractivity contribution in [3.05, 3.63) is 63.8 Å². The predicted molar refractivity (Wildman–Crippen MR) is 118 cm³/mol. The molecule has 2 aliphatic heterocycles. The smallest absolute Gasteiger partial charge is 0.334 e. The van der Waals surface area contributed by atoms with E-state index in [2.05, 4.69) is 15.1 Å². The van der Waals surface area contributed by atoms with Gasteiger partial charge in [-0.3, -0.25) is 9.36 Å². The summed E-state index contributed by atoms with van der Waals surface area (Å²) < 4.78 is 8.81. The molecule has 1 N–H and O–H groups in total. The van der Waals surface area contributed by atoms with E-state index in [4.69, 9.17) is 21.4 Å². The zero-order chi connectivity index (χ0) is 22.3. The number of carboxylic acids is 1. The van der Waals surface area contributed by atoms with Crippen LogP contribution in [-0.2, 0) is 17.8 Å². The van der Waals surface area contributed by atoms with E-state index in [-0.39, 0.29) is 5.60 Å². The number of aromatic nitrogens is 4. The lowest BCUT2D eigenvalue weighted by Crippen LogP contribution is -2.50. The zero-order valence-corrected chi connectivity index (χ0v) is 18.0. The maximum atomic E-state index is 12.3. The fourth-order valence-electron chi connectivity index (χ4n) is 4.48. The van der Waals surface area contributed by atoms with Crippen LogP contribution in [0.3, 0.4) is 0 Å². The summed E-state index contributed by atoms with van der Waals surface area (Å²) in [5, 5.41) is 18.1. The molecule has 1 fully saturated rings. The Balaban J connectivity index is 1.27. The van der Waals surface area contributed by atoms with Gasteiger partial charge in [-0.2, -0.15) is 0 Å². The molecule has 10 heteroatoms. The van der Waals surface area contributed by atoms with Gasteiger partial charge in [0.25, 0.3) is 0 Å². The van der Waals surface area contributed by atoms with Crippen molar-refractivity contribution in [1.82, 2.24) is 19.3 Å². The standard InChI is InChI=1S/C22H22ClN5O4/c23-16-2-1-3-17-15(16)6-7-22(32-17)8-10-26(11-9-22)18-4-5-19(25-24-18)28-13-12-27(21(28)31)14-20(29)30/h1-5,12-13H,6-11,14H2,(H,29,30). The molecule has 0 radical (unpaired) electrons. The molecule has 32 heavy (non-hydrogen) atoms. The van der Waals surface area contributed by atoms with Crippen LogP contribution in [-0.4, -0.2) is 49.1 Å². The fourth-order valence-corrected chi connectivity index (χ4v) is 4.74. The average Bonchev–Trinajstić information content (AvgIpc) is 3.14. The van der Waals surface area contributed by atoms with Gasteiger partial charge >= 0.3 is 11.7 Å². The summed E-state index contributed by atoms with van der Waals surface area (Å²) in [5.41, 5.74) is 0.447. The minimum absolute atomic E-state index is 0.179. The van der Waals surface area contributed by atoms with Crippen LogP contribution in [0.15, 0.2) is 47.5 Å². The van der Waals surface area contributed by atoms with Gasteiger partial charge in [0.15, 0.2) is 11.6 Å². The molecule has 0 unspecified atom stereocenters. The molecule has 2 aromatic heterocycles. The topological polar surface area (TPSA) is 102 Å². The number of carboxylic acid groups (broad SMARTS) is 1. The minimum Gasteiger partial charge on any atom is -0.487 e. The third-order valence-electron chi connectivity index (χ3n) is 6.27. The van der Waals surface area contributed by atoms with E-state index in [0.717, 1.165) is 65.5 Å². The summed E-state index contributed by atoms with van der Waals surface area (Å²) in [4.78, 5) is 25.4. The molecule has 4 heterocycles. The number of aliphatic carboxylic acids is 1. The number of nitrogens with zero attached hydrogens (tertiary/aromatic N) is 5. The molecule has 166 valence electrons.